The molecule has 0 fully saturated rings. The van der Waals surface area contributed by atoms with Gasteiger partial charge in [0.15, 0.2) is 0 Å². The van der Waals surface area contributed by atoms with Gasteiger partial charge in [-0.3, -0.25) is 4.79 Å². The number of hydrogen-bond donors (Lipinski definition) is 1. The first-order valence-corrected chi connectivity index (χ1v) is 7.33. The maximum Gasteiger partial charge on any atom is 0.255 e. The molecule has 0 saturated carbocycles. The molecule has 110 valence electrons. The first kappa shape index (κ1) is 15.4. The SMILES string of the molecule is CCCNC(=O)c1ccccc1OCc1cccc(Cl)c1. The Morgan fingerprint density at radius 1 is 1.19 bits per heavy atom. The van der Waals surface area contributed by atoms with Crippen molar-refractivity contribution >= 4 is 17.5 Å². The molecule has 4 heteroatoms. The number of para-hydroxylation sites is 1. The van der Waals surface area contributed by atoms with Gasteiger partial charge >= 0.3 is 0 Å². The molecule has 0 unspecified atom stereocenters. The van der Waals surface area contributed by atoms with Gasteiger partial charge in [-0.1, -0.05) is 42.8 Å². The van der Waals surface area contributed by atoms with E-state index in [-0.39, 0.29) is 5.91 Å². The quantitative estimate of drug-likeness (QED) is 0.874. The molecule has 3 nitrogen and oxygen atoms in total. The zero-order valence-electron chi connectivity index (χ0n) is 11.9. The predicted molar refractivity (Wildman–Crippen MR) is 84.9 cm³/mol. The zero-order valence-corrected chi connectivity index (χ0v) is 12.7. The lowest BCUT2D eigenvalue weighted by molar-refractivity contribution is 0.0949. The Labute approximate surface area is 129 Å². The predicted octanol–water partition coefficient (Wildman–Crippen LogP) is 4.06. The van der Waals surface area contributed by atoms with E-state index in [1.807, 2.05) is 43.3 Å². The number of carbonyl (C=O) groups is 1. The summed E-state index contributed by atoms with van der Waals surface area (Å²) in [4.78, 5) is 12.1. The summed E-state index contributed by atoms with van der Waals surface area (Å²) in [6.07, 6.45) is 0.900. The van der Waals surface area contributed by atoms with Gasteiger partial charge < -0.3 is 10.1 Å². The van der Waals surface area contributed by atoms with Crippen LogP contribution in [0.2, 0.25) is 5.02 Å². The molecule has 0 saturated heterocycles. The first-order chi connectivity index (χ1) is 10.2. The molecule has 0 atom stereocenters. The molecular weight excluding hydrogens is 286 g/mol. The van der Waals surface area contributed by atoms with Crippen molar-refractivity contribution < 1.29 is 9.53 Å². The fourth-order valence-corrected chi connectivity index (χ4v) is 2.11. The van der Waals surface area contributed by atoms with Crippen LogP contribution < -0.4 is 10.1 Å². The van der Waals surface area contributed by atoms with Crippen LogP contribution in [0.5, 0.6) is 5.75 Å². The van der Waals surface area contributed by atoms with E-state index in [1.165, 1.54) is 0 Å². The molecule has 2 aromatic rings. The van der Waals surface area contributed by atoms with Crippen LogP contribution in [0.3, 0.4) is 0 Å². The summed E-state index contributed by atoms with van der Waals surface area (Å²) in [6, 6.07) is 14.7. The summed E-state index contributed by atoms with van der Waals surface area (Å²) < 4.78 is 5.76. The molecule has 0 aromatic heterocycles. The Morgan fingerprint density at radius 3 is 2.76 bits per heavy atom. The van der Waals surface area contributed by atoms with Gasteiger partial charge in [-0.05, 0) is 36.2 Å². The molecule has 0 aliphatic rings. The maximum atomic E-state index is 12.1. The largest absolute Gasteiger partial charge is 0.488 e. The van der Waals surface area contributed by atoms with Crippen molar-refractivity contribution in [1.82, 2.24) is 5.32 Å². The van der Waals surface area contributed by atoms with Crippen molar-refractivity contribution in [3.8, 4) is 5.75 Å². The topological polar surface area (TPSA) is 38.3 Å². The van der Waals surface area contributed by atoms with E-state index in [0.29, 0.717) is 29.5 Å². The van der Waals surface area contributed by atoms with Crippen LogP contribution in [-0.2, 0) is 6.61 Å². The molecule has 0 spiro atoms. The van der Waals surface area contributed by atoms with Gasteiger partial charge in [-0.15, -0.1) is 0 Å². The van der Waals surface area contributed by atoms with Crippen molar-refractivity contribution in [1.29, 1.82) is 0 Å². The number of halogens is 1. The van der Waals surface area contributed by atoms with Crippen LogP contribution in [0.4, 0.5) is 0 Å². The van der Waals surface area contributed by atoms with Crippen LogP contribution in [0.15, 0.2) is 48.5 Å². The second-order valence-electron chi connectivity index (χ2n) is 4.67. The number of benzene rings is 2. The smallest absolute Gasteiger partial charge is 0.255 e. The number of hydrogen-bond acceptors (Lipinski definition) is 2. The van der Waals surface area contributed by atoms with Crippen molar-refractivity contribution in [3.05, 3.63) is 64.7 Å². The van der Waals surface area contributed by atoms with Crippen molar-refractivity contribution in [2.24, 2.45) is 0 Å². The van der Waals surface area contributed by atoms with Crippen molar-refractivity contribution in [2.75, 3.05) is 6.54 Å². The second kappa shape index (κ2) is 7.70. The van der Waals surface area contributed by atoms with Crippen LogP contribution in [-0.4, -0.2) is 12.5 Å². The number of amides is 1. The molecule has 2 aromatic carbocycles. The monoisotopic (exact) mass is 303 g/mol. The maximum absolute atomic E-state index is 12.1. The highest BCUT2D eigenvalue weighted by molar-refractivity contribution is 6.30. The first-order valence-electron chi connectivity index (χ1n) is 6.95. The fraction of sp³-hybridized carbons (Fsp3) is 0.235. The summed E-state index contributed by atoms with van der Waals surface area (Å²) in [6.45, 7) is 3.04. The minimum atomic E-state index is -0.112. The third-order valence-corrected chi connectivity index (χ3v) is 3.19. The highest BCUT2D eigenvalue weighted by atomic mass is 35.5. The summed E-state index contributed by atoms with van der Waals surface area (Å²) in [5.41, 5.74) is 1.51. The molecule has 1 N–H and O–H groups in total. The van der Waals surface area contributed by atoms with E-state index in [4.69, 9.17) is 16.3 Å². The minimum absolute atomic E-state index is 0.112. The van der Waals surface area contributed by atoms with Crippen LogP contribution in [0, 0.1) is 0 Å². The lowest BCUT2D eigenvalue weighted by Gasteiger charge is -2.11. The Morgan fingerprint density at radius 2 is 2.00 bits per heavy atom. The molecule has 0 heterocycles. The van der Waals surface area contributed by atoms with Crippen LogP contribution in [0.25, 0.3) is 0 Å². The Bertz CT molecular complexity index is 613. The summed E-state index contributed by atoms with van der Waals surface area (Å²) in [5, 5.41) is 3.53. The molecule has 1 amide bonds. The normalized spacial score (nSPS) is 10.2. The molecule has 0 aliphatic heterocycles. The Hall–Kier alpha value is -2.00. The standard InChI is InChI=1S/C17H18ClNO2/c1-2-10-19-17(20)15-8-3-4-9-16(15)21-12-13-6-5-7-14(18)11-13/h3-9,11H,2,10,12H2,1H3,(H,19,20). The highest BCUT2D eigenvalue weighted by Crippen LogP contribution is 2.20. The third-order valence-electron chi connectivity index (χ3n) is 2.95. The average molecular weight is 304 g/mol. The van der Waals surface area contributed by atoms with Crippen LogP contribution >= 0.6 is 11.6 Å². The van der Waals surface area contributed by atoms with Crippen LogP contribution in [0.1, 0.15) is 29.3 Å². The van der Waals surface area contributed by atoms with E-state index in [1.54, 1.807) is 12.1 Å². The lowest BCUT2D eigenvalue weighted by atomic mass is 10.2. The summed E-state index contributed by atoms with van der Waals surface area (Å²) in [5.74, 6) is 0.463. The second-order valence-corrected chi connectivity index (χ2v) is 5.11. The van der Waals surface area contributed by atoms with Gasteiger partial charge in [0, 0.05) is 11.6 Å². The minimum Gasteiger partial charge on any atom is -0.488 e. The van der Waals surface area contributed by atoms with E-state index in [2.05, 4.69) is 5.32 Å². The third kappa shape index (κ3) is 4.50. The Kier molecular flexibility index (Phi) is 5.64. The zero-order chi connectivity index (χ0) is 15.1. The molecule has 0 bridgehead atoms. The molecule has 0 aliphatic carbocycles. The van der Waals surface area contributed by atoms with Gasteiger partial charge in [0.05, 0.1) is 5.56 Å². The Balaban J connectivity index is 2.08. The lowest BCUT2D eigenvalue weighted by Crippen LogP contribution is -2.24. The number of rotatable bonds is 6. The van der Waals surface area contributed by atoms with E-state index in [0.717, 1.165) is 12.0 Å². The van der Waals surface area contributed by atoms with E-state index >= 15 is 0 Å². The van der Waals surface area contributed by atoms with Gasteiger partial charge in [0.1, 0.15) is 12.4 Å². The summed E-state index contributed by atoms with van der Waals surface area (Å²) >= 11 is 5.95. The molecule has 2 rings (SSSR count). The number of carbonyl (C=O) groups excluding carboxylic acids is 1. The average Bonchev–Trinajstić information content (AvgIpc) is 2.51. The fourth-order valence-electron chi connectivity index (χ4n) is 1.90. The van der Waals surface area contributed by atoms with E-state index < -0.39 is 0 Å². The van der Waals surface area contributed by atoms with Gasteiger partial charge in [0.25, 0.3) is 5.91 Å². The molecular formula is C17H18ClNO2. The highest BCUT2D eigenvalue weighted by Gasteiger charge is 2.11. The summed E-state index contributed by atoms with van der Waals surface area (Å²) in [7, 11) is 0. The van der Waals surface area contributed by atoms with Gasteiger partial charge in [-0.2, -0.15) is 0 Å². The van der Waals surface area contributed by atoms with Crippen molar-refractivity contribution in [2.45, 2.75) is 20.0 Å². The van der Waals surface area contributed by atoms with Gasteiger partial charge in [-0.25, -0.2) is 0 Å². The molecule has 21 heavy (non-hydrogen) atoms. The number of nitrogens with one attached hydrogen (secondary N) is 1. The number of ether oxygens (including phenoxy) is 1. The molecule has 0 radical (unpaired) electrons. The van der Waals surface area contributed by atoms with Gasteiger partial charge in [0.2, 0.25) is 0 Å². The van der Waals surface area contributed by atoms with Crippen molar-refractivity contribution in [3.63, 3.8) is 0 Å². The van der Waals surface area contributed by atoms with E-state index in [9.17, 15) is 4.79 Å².